The molecule has 1 aromatic carbocycles. The smallest absolute Gasteiger partial charge is 0.283 e. The molecule has 0 amide bonds. The number of benzene rings is 1. The van der Waals surface area contributed by atoms with E-state index in [-0.39, 0.29) is 12.6 Å². The van der Waals surface area contributed by atoms with Crippen LogP contribution in [-0.4, -0.2) is 35.8 Å². The Morgan fingerprint density at radius 2 is 1.97 bits per heavy atom. The number of hydrogen-bond donors (Lipinski definition) is 1. The fraction of sp³-hybridized carbons (Fsp3) is 0.208. The van der Waals surface area contributed by atoms with Crippen molar-refractivity contribution in [2.24, 2.45) is 10.7 Å². The summed E-state index contributed by atoms with van der Waals surface area (Å²) in [5, 5.41) is 0. The van der Waals surface area contributed by atoms with Crippen LogP contribution in [0.15, 0.2) is 59.9 Å². The van der Waals surface area contributed by atoms with E-state index in [4.69, 9.17) is 24.9 Å². The largest absolute Gasteiger partial charge is 0.462 e. The number of aliphatic imine (C=N–C) groups is 1. The number of nitrogens with zero attached hydrogens (tertiary/aromatic N) is 3. The molecule has 7 nitrogen and oxygen atoms in total. The van der Waals surface area contributed by atoms with Gasteiger partial charge in [0.25, 0.3) is 6.02 Å². The summed E-state index contributed by atoms with van der Waals surface area (Å²) in [6.07, 6.45) is 6.09. The van der Waals surface area contributed by atoms with Gasteiger partial charge < -0.3 is 19.9 Å². The zero-order valence-electron chi connectivity index (χ0n) is 17.0. The van der Waals surface area contributed by atoms with Crippen LogP contribution >= 0.6 is 0 Å². The number of aromatic nitrogens is 2. The summed E-state index contributed by atoms with van der Waals surface area (Å²) in [5.74, 6) is 0.495. The molecule has 2 aromatic heterocycles. The molecule has 160 valence electrons. The zero-order valence-corrected chi connectivity index (χ0v) is 17.0. The molecule has 5 heterocycles. The minimum absolute atomic E-state index is 0.0949. The lowest BCUT2D eigenvalue weighted by atomic mass is 9.80. The van der Waals surface area contributed by atoms with E-state index in [9.17, 15) is 4.39 Å². The van der Waals surface area contributed by atoms with Gasteiger partial charge in [0, 0.05) is 23.5 Å². The van der Waals surface area contributed by atoms with Gasteiger partial charge in [-0.1, -0.05) is 12.1 Å². The molecule has 0 saturated carbocycles. The topological polar surface area (TPSA) is 91.9 Å². The van der Waals surface area contributed by atoms with Gasteiger partial charge in [-0.25, -0.2) is 15.0 Å². The normalized spacial score (nSPS) is 21.2. The maximum atomic E-state index is 14.4. The van der Waals surface area contributed by atoms with Gasteiger partial charge in [0.2, 0.25) is 11.8 Å². The highest BCUT2D eigenvalue weighted by Crippen LogP contribution is 2.51. The van der Waals surface area contributed by atoms with Crippen LogP contribution < -0.4 is 10.5 Å². The van der Waals surface area contributed by atoms with Crippen LogP contribution in [0.1, 0.15) is 23.1 Å². The Bertz CT molecular complexity index is 1310. The molecule has 0 radical (unpaired) electrons. The van der Waals surface area contributed by atoms with Crippen molar-refractivity contribution < 1.29 is 18.6 Å². The van der Waals surface area contributed by atoms with Crippen LogP contribution in [0.5, 0.6) is 11.6 Å². The van der Waals surface area contributed by atoms with Gasteiger partial charge in [0.1, 0.15) is 12.4 Å². The summed E-state index contributed by atoms with van der Waals surface area (Å²) >= 11 is 0. The third kappa shape index (κ3) is 2.87. The maximum absolute atomic E-state index is 14.4. The van der Waals surface area contributed by atoms with E-state index in [1.54, 1.807) is 30.5 Å². The molecule has 3 aliphatic rings. The lowest BCUT2D eigenvalue weighted by Gasteiger charge is -2.33. The number of pyridine rings is 2. The van der Waals surface area contributed by atoms with Crippen molar-refractivity contribution in [3.8, 4) is 22.8 Å². The summed E-state index contributed by atoms with van der Waals surface area (Å²) in [6.45, 7) is 1.45. The fourth-order valence-electron chi connectivity index (χ4n) is 4.46. The van der Waals surface area contributed by atoms with Crippen LogP contribution in [0, 0.1) is 5.95 Å². The van der Waals surface area contributed by atoms with E-state index in [0.29, 0.717) is 36.0 Å². The average molecular weight is 430 g/mol. The van der Waals surface area contributed by atoms with Gasteiger partial charge in [0.05, 0.1) is 18.8 Å². The Kier molecular flexibility index (Phi) is 4.22. The number of hydrogen-bond acceptors (Lipinski definition) is 7. The van der Waals surface area contributed by atoms with Crippen LogP contribution in [-0.2, 0) is 15.0 Å². The van der Waals surface area contributed by atoms with E-state index in [2.05, 4.69) is 16.0 Å². The molecule has 6 rings (SSSR count). The molecule has 1 atom stereocenters. The third-order valence-electron chi connectivity index (χ3n) is 6.06. The molecule has 0 aliphatic carbocycles. The molecule has 32 heavy (non-hydrogen) atoms. The predicted molar refractivity (Wildman–Crippen MR) is 116 cm³/mol. The Hall–Kier alpha value is -3.78. The van der Waals surface area contributed by atoms with Crippen molar-refractivity contribution in [2.45, 2.75) is 12.0 Å². The molecule has 0 unspecified atom stereocenters. The number of ether oxygens (including phenoxy) is 3. The van der Waals surface area contributed by atoms with Crippen LogP contribution in [0.25, 0.3) is 16.7 Å². The number of halogens is 1. The van der Waals surface area contributed by atoms with E-state index in [1.807, 2.05) is 12.1 Å². The van der Waals surface area contributed by atoms with Crippen molar-refractivity contribution in [3.63, 3.8) is 0 Å². The van der Waals surface area contributed by atoms with Gasteiger partial charge in [-0.2, -0.15) is 4.39 Å². The first kappa shape index (κ1) is 18.9. The SMILES string of the molecule is NC1=N[C@]2(CO1)c1cc(-c3cccnc3F)ccc1Oc1ncc(C3=CCOCC3)cc12. The van der Waals surface area contributed by atoms with Crippen LogP contribution in [0.4, 0.5) is 4.39 Å². The van der Waals surface area contributed by atoms with Gasteiger partial charge in [0.15, 0.2) is 5.54 Å². The molecule has 0 saturated heterocycles. The monoisotopic (exact) mass is 430 g/mol. The average Bonchev–Trinajstić information content (AvgIpc) is 3.22. The zero-order chi connectivity index (χ0) is 21.7. The molecule has 2 N–H and O–H groups in total. The minimum atomic E-state index is -0.934. The second-order valence-electron chi connectivity index (χ2n) is 7.88. The first-order valence-electron chi connectivity index (χ1n) is 10.3. The van der Waals surface area contributed by atoms with Gasteiger partial charge >= 0.3 is 0 Å². The highest BCUT2D eigenvalue weighted by atomic mass is 19.1. The van der Waals surface area contributed by atoms with E-state index in [1.165, 1.54) is 6.20 Å². The highest BCUT2D eigenvalue weighted by Gasteiger charge is 2.48. The first-order valence-corrected chi connectivity index (χ1v) is 10.3. The first-order chi connectivity index (χ1) is 15.6. The number of nitrogens with two attached hydrogens (primary N) is 1. The maximum Gasteiger partial charge on any atom is 0.283 e. The van der Waals surface area contributed by atoms with Crippen molar-refractivity contribution >= 4 is 11.6 Å². The lowest BCUT2D eigenvalue weighted by Crippen LogP contribution is -2.31. The van der Waals surface area contributed by atoms with Crippen LogP contribution in [0.3, 0.4) is 0 Å². The van der Waals surface area contributed by atoms with Crippen molar-refractivity contribution in [1.29, 1.82) is 0 Å². The molecular formula is C24H19FN4O3. The lowest BCUT2D eigenvalue weighted by molar-refractivity contribution is 0.161. The summed E-state index contributed by atoms with van der Waals surface area (Å²) < 4.78 is 31.6. The summed E-state index contributed by atoms with van der Waals surface area (Å²) in [4.78, 5) is 13.1. The Morgan fingerprint density at radius 1 is 1.06 bits per heavy atom. The summed E-state index contributed by atoms with van der Waals surface area (Å²) in [7, 11) is 0. The molecule has 3 aliphatic heterocycles. The van der Waals surface area contributed by atoms with Gasteiger partial charge in [-0.15, -0.1) is 0 Å². The summed E-state index contributed by atoms with van der Waals surface area (Å²) in [5.41, 5.74) is 9.75. The van der Waals surface area contributed by atoms with Crippen molar-refractivity contribution in [2.75, 3.05) is 19.8 Å². The number of rotatable bonds is 2. The van der Waals surface area contributed by atoms with E-state index < -0.39 is 11.5 Å². The molecule has 3 aromatic rings. The van der Waals surface area contributed by atoms with Crippen molar-refractivity contribution in [3.05, 3.63) is 77.5 Å². The molecule has 8 heteroatoms. The standard InChI is InChI=1S/C24H19FN4O3/c25-21-17(2-1-7-27-21)15-3-4-20-18(10-15)24(13-31-23(26)29-24)19-11-16(12-28-22(19)32-20)14-5-8-30-9-6-14/h1-5,7,10-12H,6,8-9,13H2,(H2,26,29)/t24-/m1/s1. The number of fused-ring (bicyclic) bond motifs is 4. The van der Waals surface area contributed by atoms with Gasteiger partial charge in [-0.05, 0) is 53.5 Å². The number of amidine groups is 1. The second-order valence-corrected chi connectivity index (χ2v) is 7.88. The Balaban J connectivity index is 1.54. The van der Waals surface area contributed by atoms with E-state index >= 15 is 0 Å². The molecule has 1 spiro atoms. The predicted octanol–water partition coefficient (Wildman–Crippen LogP) is 3.78. The van der Waals surface area contributed by atoms with Crippen LogP contribution in [0.2, 0.25) is 0 Å². The Labute approximate surface area is 183 Å². The Morgan fingerprint density at radius 3 is 2.75 bits per heavy atom. The quantitative estimate of drug-likeness (QED) is 0.622. The highest BCUT2D eigenvalue weighted by molar-refractivity contribution is 5.78. The molecule has 0 bridgehead atoms. The molecular weight excluding hydrogens is 411 g/mol. The minimum Gasteiger partial charge on any atom is -0.462 e. The fourth-order valence-corrected chi connectivity index (χ4v) is 4.46. The van der Waals surface area contributed by atoms with E-state index in [0.717, 1.165) is 28.7 Å². The summed E-state index contributed by atoms with van der Waals surface area (Å²) in [6, 6.07) is 11.0. The third-order valence-corrected chi connectivity index (χ3v) is 6.06. The molecule has 0 fully saturated rings. The second kappa shape index (κ2) is 7.13. The van der Waals surface area contributed by atoms with Crippen molar-refractivity contribution in [1.82, 2.24) is 9.97 Å². The van der Waals surface area contributed by atoms with Gasteiger partial charge in [-0.3, -0.25) is 0 Å².